The molecule has 0 aliphatic carbocycles. The summed E-state index contributed by atoms with van der Waals surface area (Å²) in [5.74, 6) is 0.352. The third-order valence-electron chi connectivity index (χ3n) is 2.76. The van der Waals surface area contributed by atoms with Crippen molar-refractivity contribution in [1.82, 2.24) is 19.9 Å². The van der Waals surface area contributed by atoms with Crippen molar-refractivity contribution < 1.29 is 8.91 Å². The molecule has 0 aliphatic heterocycles. The summed E-state index contributed by atoms with van der Waals surface area (Å²) in [6, 6.07) is 8.08. The maximum atomic E-state index is 13.7. The van der Waals surface area contributed by atoms with Crippen LogP contribution in [0.15, 0.2) is 41.1 Å². The van der Waals surface area contributed by atoms with Crippen LogP contribution in [-0.2, 0) is 6.54 Å². The van der Waals surface area contributed by atoms with Gasteiger partial charge in [0.2, 0.25) is 0 Å². The van der Waals surface area contributed by atoms with Crippen LogP contribution in [0.25, 0.3) is 11.5 Å². The monoisotopic (exact) mass is 271 g/mol. The second-order valence-corrected chi connectivity index (χ2v) is 4.07. The summed E-state index contributed by atoms with van der Waals surface area (Å²) >= 11 is 0. The van der Waals surface area contributed by atoms with Gasteiger partial charge in [-0.15, -0.1) is 5.10 Å². The molecule has 7 heteroatoms. The number of rotatable bonds is 4. The van der Waals surface area contributed by atoms with Crippen LogP contribution in [-0.4, -0.2) is 26.1 Å². The fourth-order valence-corrected chi connectivity index (χ4v) is 1.84. The third kappa shape index (κ3) is 2.20. The van der Waals surface area contributed by atoms with Gasteiger partial charge in [0.1, 0.15) is 12.1 Å². The number of hydrogen-bond acceptors (Lipinski definition) is 5. The predicted octanol–water partition coefficient (Wildman–Crippen LogP) is 2.12. The first-order valence-electron chi connectivity index (χ1n) is 5.87. The van der Waals surface area contributed by atoms with Gasteiger partial charge in [0.15, 0.2) is 17.3 Å². The minimum absolute atomic E-state index is 0.204. The number of halogens is 1. The standard InChI is InChI=1S/C13H10FN5O/c14-10-4-2-1-3-9(10)8-19-13(11-5-6-20-18-11)16-12(7-15)17-19/h1-7,15H,8H2. The first-order valence-corrected chi connectivity index (χ1v) is 5.87. The highest BCUT2D eigenvalue weighted by Crippen LogP contribution is 2.17. The Morgan fingerprint density at radius 1 is 1.30 bits per heavy atom. The van der Waals surface area contributed by atoms with Crippen molar-refractivity contribution in [3.05, 3.63) is 53.8 Å². The minimum Gasteiger partial charge on any atom is -0.364 e. The van der Waals surface area contributed by atoms with Gasteiger partial charge in [-0.25, -0.2) is 14.1 Å². The van der Waals surface area contributed by atoms with E-state index in [0.29, 0.717) is 17.1 Å². The Hall–Kier alpha value is -2.83. The molecule has 0 fully saturated rings. The van der Waals surface area contributed by atoms with Gasteiger partial charge >= 0.3 is 0 Å². The zero-order chi connectivity index (χ0) is 13.9. The number of benzene rings is 1. The van der Waals surface area contributed by atoms with E-state index in [0.717, 1.165) is 6.21 Å². The summed E-state index contributed by atoms with van der Waals surface area (Å²) in [5.41, 5.74) is 0.973. The van der Waals surface area contributed by atoms with Crippen molar-refractivity contribution in [3.8, 4) is 11.5 Å². The Balaban J connectivity index is 2.03. The molecule has 0 radical (unpaired) electrons. The first-order chi connectivity index (χ1) is 9.78. The molecule has 0 bridgehead atoms. The summed E-state index contributed by atoms with van der Waals surface area (Å²) in [6.45, 7) is 0.204. The third-order valence-corrected chi connectivity index (χ3v) is 2.76. The number of aromatic nitrogens is 4. The molecule has 0 saturated heterocycles. The van der Waals surface area contributed by atoms with E-state index in [1.807, 2.05) is 0 Å². The maximum Gasteiger partial charge on any atom is 0.192 e. The lowest BCUT2D eigenvalue weighted by Crippen LogP contribution is -2.06. The Morgan fingerprint density at radius 2 is 2.15 bits per heavy atom. The van der Waals surface area contributed by atoms with Crippen LogP contribution in [0.4, 0.5) is 4.39 Å². The highest BCUT2D eigenvalue weighted by Gasteiger charge is 2.14. The summed E-state index contributed by atoms with van der Waals surface area (Å²) in [5, 5.41) is 15.1. The topological polar surface area (TPSA) is 80.6 Å². The molecule has 1 N–H and O–H groups in total. The van der Waals surface area contributed by atoms with Crippen molar-refractivity contribution in [3.63, 3.8) is 0 Å². The molecular weight excluding hydrogens is 261 g/mol. The van der Waals surface area contributed by atoms with Gasteiger partial charge in [0, 0.05) is 11.6 Å². The molecule has 0 saturated carbocycles. The van der Waals surface area contributed by atoms with E-state index >= 15 is 0 Å². The van der Waals surface area contributed by atoms with Crippen molar-refractivity contribution in [2.45, 2.75) is 6.54 Å². The van der Waals surface area contributed by atoms with Gasteiger partial charge in [-0.1, -0.05) is 23.4 Å². The van der Waals surface area contributed by atoms with Gasteiger partial charge in [0.05, 0.1) is 12.8 Å². The lowest BCUT2D eigenvalue weighted by molar-refractivity contribution is 0.421. The normalized spacial score (nSPS) is 10.7. The number of hydrogen-bond donors (Lipinski definition) is 1. The molecule has 0 spiro atoms. The number of nitrogens with one attached hydrogen (secondary N) is 1. The quantitative estimate of drug-likeness (QED) is 0.737. The van der Waals surface area contributed by atoms with Gasteiger partial charge < -0.3 is 9.93 Å². The molecule has 20 heavy (non-hydrogen) atoms. The Labute approximate surface area is 113 Å². The van der Waals surface area contributed by atoms with Crippen LogP contribution in [0.3, 0.4) is 0 Å². The van der Waals surface area contributed by atoms with E-state index in [1.165, 1.54) is 17.0 Å². The predicted molar refractivity (Wildman–Crippen MR) is 68.9 cm³/mol. The lowest BCUT2D eigenvalue weighted by Gasteiger charge is -2.05. The molecule has 3 rings (SSSR count). The first kappa shape index (κ1) is 12.2. The van der Waals surface area contributed by atoms with Crippen LogP contribution in [0.2, 0.25) is 0 Å². The highest BCUT2D eigenvalue weighted by molar-refractivity contribution is 5.72. The SMILES string of the molecule is N=Cc1nc(-c2ccon2)n(Cc2ccccc2F)n1. The second-order valence-electron chi connectivity index (χ2n) is 4.07. The van der Waals surface area contributed by atoms with Gasteiger partial charge in [0.25, 0.3) is 0 Å². The van der Waals surface area contributed by atoms with Crippen molar-refractivity contribution >= 4 is 6.21 Å². The fraction of sp³-hybridized carbons (Fsp3) is 0.0769. The zero-order valence-electron chi connectivity index (χ0n) is 10.3. The number of nitrogens with zero attached hydrogens (tertiary/aromatic N) is 4. The summed E-state index contributed by atoms with van der Waals surface area (Å²) in [6.07, 6.45) is 2.45. The van der Waals surface area contributed by atoms with Gasteiger partial charge in [-0.3, -0.25) is 0 Å². The molecule has 0 atom stereocenters. The minimum atomic E-state index is -0.314. The van der Waals surface area contributed by atoms with E-state index in [1.54, 1.807) is 24.3 Å². The maximum absolute atomic E-state index is 13.7. The van der Waals surface area contributed by atoms with Gasteiger partial charge in [-0.2, -0.15) is 0 Å². The van der Waals surface area contributed by atoms with Crippen molar-refractivity contribution in [2.75, 3.05) is 0 Å². The Morgan fingerprint density at radius 3 is 2.85 bits per heavy atom. The molecule has 1 aromatic carbocycles. The fourth-order valence-electron chi connectivity index (χ4n) is 1.84. The zero-order valence-corrected chi connectivity index (χ0v) is 10.3. The largest absolute Gasteiger partial charge is 0.364 e. The molecule has 3 aromatic rings. The summed E-state index contributed by atoms with van der Waals surface area (Å²) < 4.78 is 20.0. The van der Waals surface area contributed by atoms with Crippen molar-refractivity contribution in [1.29, 1.82) is 5.41 Å². The van der Waals surface area contributed by atoms with E-state index in [4.69, 9.17) is 9.93 Å². The Kier molecular flexibility index (Phi) is 3.08. The van der Waals surface area contributed by atoms with Crippen LogP contribution < -0.4 is 0 Å². The second kappa shape index (κ2) is 5.04. The van der Waals surface area contributed by atoms with Crippen LogP contribution in [0.5, 0.6) is 0 Å². The van der Waals surface area contributed by atoms with E-state index in [-0.39, 0.29) is 18.2 Å². The molecule has 0 unspecified atom stereocenters. The average Bonchev–Trinajstić information content (AvgIpc) is 3.10. The van der Waals surface area contributed by atoms with Crippen LogP contribution >= 0.6 is 0 Å². The Bertz CT molecular complexity index is 735. The summed E-state index contributed by atoms with van der Waals surface area (Å²) in [4.78, 5) is 4.16. The molecule has 100 valence electrons. The van der Waals surface area contributed by atoms with Crippen LogP contribution in [0, 0.1) is 11.2 Å². The van der Waals surface area contributed by atoms with Gasteiger partial charge in [-0.05, 0) is 6.07 Å². The van der Waals surface area contributed by atoms with E-state index < -0.39 is 0 Å². The average molecular weight is 271 g/mol. The molecule has 0 aliphatic rings. The van der Waals surface area contributed by atoms with Crippen molar-refractivity contribution in [2.24, 2.45) is 0 Å². The molecule has 6 nitrogen and oxygen atoms in total. The molecule has 2 aromatic heterocycles. The highest BCUT2D eigenvalue weighted by atomic mass is 19.1. The molecule has 2 heterocycles. The molecular formula is C13H10FN5O. The van der Waals surface area contributed by atoms with Crippen LogP contribution in [0.1, 0.15) is 11.4 Å². The van der Waals surface area contributed by atoms with E-state index in [2.05, 4.69) is 15.2 Å². The lowest BCUT2D eigenvalue weighted by atomic mass is 10.2. The molecule has 0 amide bonds. The van der Waals surface area contributed by atoms with E-state index in [9.17, 15) is 4.39 Å². The summed E-state index contributed by atoms with van der Waals surface area (Å²) in [7, 11) is 0. The smallest absolute Gasteiger partial charge is 0.192 e.